The van der Waals surface area contributed by atoms with E-state index in [1.165, 1.54) is 28.9 Å². The molecule has 0 atom stereocenters. The number of para-hydroxylation sites is 1. The summed E-state index contributed by atoms with van der Waals surface area (Å²) in [5, 5.41) is 5.85. The van der Waals surface area contributed by atoms with Gasteiger partial charge in [-0.3, -0.25) is 4.72 Å². The van der Waals surface area contributed by atoms with Crippen LogP contribution < -0.4 is 9.46 Å². The number of nitrogens with one attached hydrogen (secondary N) is 1. The van der Waals surface area contributed by atoms with Crippen LogP contribution in [0, 0.1) is 13.8 Å². The van der Waals surface area contributed by atoms with Gasteiger partial charge in [-0.2, -0.15) is 9.78 Å². The Bertz CT molecular complexity index is 1350. The second-order valence-corrected chi connectivity index (χ2v) is 8.91. The van der Waals surface area contributed by atoms with Gasteiger partial charge in [-0.1, -0.05) is 23.7 Å². The Morgan fingerprint density at radius 1 is 1.07 bits per heavy atom. The normalized spacial score (nSPS) is 11.6. The van der Waals surface area contributed by atoms with Gasteiger partial charge in [-0.05, 0) is 55.8 Å². The summed E-state index contributed by atoms with van der Waals surface area (Å²) in [4.78, 5) is 4.79. The number of methoxy groups -OCH3 is 1. The molecule has 0 amide bonds. The number of ether oxygens (including phenoxy) is 1. The minimum Gasteiger partial charge on any atom is -0.494 e. The molecule has 4 aromatic rings. The fraction of sp³-hybridized carbons (Fsp3) is 0.143. The molecule has 0 spiro atoms. The molecule has 1 N–H and O–H groups in total. The quantitative estimate of drug-likeness (QED) is 0.491. The van der Waals surface area contributed by atoms with Crippen LogP contribution in [0.4, 0.5) is 5.82 Å². The number of nitrogens with zero attached hydrogens (tertiary/aromatic N) is 3. The van der Waals surface area contributed by atoms with Crippen LogP contribution in [0.3, 0.4) is 0 Å². The zero-order chi connectivity index (χ0) is 21.5. The minimum atomic E-state index is -3.83. The summed E-state index contributed by atoms with van der Waals surface area (Å²) < 4.78 is 35.2. The number of rotatable bonds is 5. The lowest BCUT2D eigenvalue weighted by Crippen LogP contribution is -2.16. The molecule has 2 heterocycles. The van der Waals surface area contributed by atoms with Crippen molar-refractivity contribution in [2.24, 2.45) is 0 Å². The number of hydrogen-bond acceptors (Lipinski definition) is 5. The van der Waals surface area contributed by atoms with Gasteiger partial charge in [0.25, 0.3) is 10.0 Å². The molecular weight excluding hydrogens is 424 g/mol. The lowest BCUT2D eigenvalue weighted by Gasteiger charge is -2.13. The van der Waals surface area contributed by atoms with E-state index in [2.05, 4.69) is 14.8 Å². The fourth-order valence-corrected chi connectivity index (χ4v) is 4.36. The summed E-state index contributed by atoms with van der Waals surface area (Å²) in [6.07, 6.45) is 0. The third-order valence-electron chi connectivity index (χ3n) is 4.63. The SMILES string of the molecule is COc1cccc2c(C)cc(-n3nc(C)cc3NS(=O)(=O)c3ccc(Cl)cc3)nc12. The Morgan fingerprint density at radius 3 is 2.50 bits per heavy atom. The number of sulfonamides is 1. The van der Waals surface area contributed by atoms with Gasteiger partial charge in [0.15, 0.2) is 5.82 Å². The number of aromatic nitrogens is 3. The molecule has 154 valence electrons. The van der Waals surface area contributed by atoms with Crippen molar-refractivity contribution in [3.05, 3.63) is 70.9 Å². The van der Waals surface area contributed by atoms with E-state index in [9.17, 15) is 8.42 Å². The molecule has 0 unspecified atom stereocenters. The molecule has 0 bridgehead atoms. The maximum absolute atomic E-state index is 12.8. The van der Waals surface area contributed by atoms with Gasteiger partial charge in [0.2, 0.25) is 0 Å². The first kappa shape index (κ1) is 20.2. The Labute approximate surface area is 179 Å². The summed E-state index contributed by atoms with van der Waals surface area (Å²) in [6.45, 7) is 3.74. The Morgan fingerprint density at radius 2 is 1.80 bits per heavy atom. The summed E-state index contributed by atoms with van der Waals surface area (Å²) >= 11 is 5.87. The minimum absolute atomic E-state index is 0.0987. The van der Waals surface area contributed by atoms with Gasteiger partial charge in [0.1, 0.15) is 17.1 Å². The van der Waals surface area contributed by atoms with Crippen LogP contribution in [-0.4, -0.2) is 30.3 Å². The van der Waals surface area contributed by atoms with E-state index in [4.69, 9.17) is 16.3 Å². The molecule has 2 aromatic carbocycles. The molecule has 4 rings (SSSR count). The van der Waals surface area contributed by atoms with E-state index in [0.717, 1.165) is 10.9 Å². The van der Waals surface area contributed by atoms with Crippen molar-refractivity contribution in [2.75, 3.05) is 11.8 Å². The Kier molecular flexibility index (Phi) is 5.13. The lowest BCUT2D eigenvalue weighted by molar-refractivity contribution is 0.419. The summed E-state index contributed by atoms with van der Waals surface area (Å²) in [7, 11) is -2.25. The first-order valence-corrected chi connectivity index (χ1v) is 10.9. The van der Waals surface area contributed by atoms with Gasteiger partial charge < -0.3 is 4.74 Å². The molecule has 0 aliphatic rings. The number of anilines is 1. The van der Waals surface area contributed by atoms with Crippen LogP contribution in [0.5, 0.6) is 5.75 Å². The predicted octanol–water partition coefficient (Wildman–Crippen LogP) is 4.50. The third kappa shape index (κ3) is 3.71. The second-order valence-electron chi connectivity index (χ2n) is 6.80. The van der Waals surface area contributed by atoms with E-state index in [1.807, 2.05) is 31.2 Å². The molecule has 0 saturated carbocycles. The first-order valence-electron chi connectivity index (χ1n) is 9.08. The molecule has 2 aromatic heterocycles. The molecule has 7 nitrogen and oxygen atoms in total. The molecule has 0 radical (unpaired) electrons. The van der Waals surface area contributed by atoms with Crippen LogP contribution >= 0.6 is 11.6 Å². The number of fused-ring (bicyclic) bond motifs is 1. The number of benzene rings is 2. The average molecular weight is 443 g/mol. The van der Waals surface area contributed by atoms with Crippen molar-refractivity contribution in [1.29, 1.82) is 0 Å². The zero-order valence-electron chi connectivity index (χ0n) is 16.5. The standard InChI is InChI=1S/C21H19ClN4O3S/c1-13-11-19(23-21-17(13)5-4-6-18(21)29-3)26-20(12-14(2)24-26)25-30(27,28)16-9-7-15(22)8-10-16/h4-12,25H,1-3H3. The third-order valence-corrected chi connectivity index (χ3v) is 6.25. The van der Waals surface area contributed by atoms with Crippen molar-refractivity contribution >= 4 is 38.3 Å². The van der Waals surface area contributed by atoms with Crippen molar-refractivity contribution in [2.45, 2.75) is 18.7 Å². The van der Waals surface area contributed by atoms with Crippen LogP contribution in [0.25, 0.3) is 16.7 Å². The van der Waals surface area contributed by atoms with Crippen molar-refractivity contribution in [1.82, 2.24) is 14.8 Å². The van der Waals surface area contributed by atoms with Gasteiger partial charge in [0.05, 0.1) is 17.7 Å². The molecule has 0 aliphatic carbocycles. The zero-order valence-corrected chi connectivity index (χ0v) is 18.1. The van der Waals surface area contributed by atoms with E-state index >= 15 is 0 Å². The molecule has 30 heavy (non-hydrogen) atoms. The summed E-state index contributed by atoms with van der Waals surface area (Å²) in [5.74, 6) is 1.39. The van der Waals surface area contributed by atoms with Crippen molar-refractivity contribution in [3.63, 3.8) is 0 Å². The second kappa shape index (κ2) is 7.62. The highest BCUT2D eigenvalue weighted by Gasteiger charge is 2.19. The van der Waals surface area contributed by atoms with E-state index in [1.54, 1.807) is 20.1 Å². The van der Waals surface area contributed by atoms with E-state index < -0.39 is 10.0 Å². The van der Waals surface area contributed by atoms with Crippen LogP contribution in [0.15, 0.2) is 59.5 Å². The number of aryl methyl sites for hydroxylation is 2. The summed E-state index contributed by atoms with van der Waals surface area (Å²) in [5.41, 5.74) is 2.28. The maximum atomic E-state index is 12.8. The first-order chi connectivity index (χ1) is 14.3. The predicted molar refractivity (Wildman–Crippen MR) is 117 cm³/mol. The topological polar surface area (TPSA) is 86.1 Å². The largest absolute Gasteiger partial charge is 0.494 e. The molecular formula is C21H19ClN4O3S. The highest BCUT2D eigenvalue weighted by atomic mass is 35.5. The molecule has 0 saturated heterocycles. The molecule has 0 fully saturated rings. The van der Waals surface area contributed by atoms with Gasteiger partial charge in [0, 0.05) is 16.5 Å². The Hall–Kier alpha value is -3.10. The van der Waals surface area contributed by atoms with E-state index in [0.29, 0.717) is 27.8 Å². The number of pyridine rings is 1. The lowest BCUT2D eigenvalue weighted by atomic mass is 10.1. The van der Waals surface area contributed by atoms with E-state index in [-0.39, 0.29) is 10.7 Å². The van der Waals surface area contributed by atoms with Crippen LogP contribution in [0.1, 0.15) is 11.3 Å². The van der Waals surface area contributed by atoms with Crippen LogP contribution in [-0.2, 0) is 10.0 Å². The summed E-state index contributed by atoms with van der Waals surface area (Å²) in [6, 6.07) is 15.1. The molecule has 0 aliphatic heterocycles. The monoisotopic (exact) mass is 442 g/mol. The van der Waals surface area contributed by atoms with Crippen molar-refractivity contribution < 1.29 is 13.2 Å². The Balaban J connectivity index is 1.82. The van der Waals surface area contributed by atoms with Crippen molar-refractivity contribution in [3.8, 4) is 11.6 Å². The van der Waals surface area contributed by atoms with Gasteiger partial charge >= 0.3 is 0 Å². The smallest absolute Gasteiger partial charge is 0.263 e. The van der Waals surface area contributed by atoms with Gasteiger partial charge in [-0.15, -0.1) is 0 Å². The fourth-order valence-electron chi connectivity index (χ4n) is 3.20. The molecule has 9 heteroatoms. The highest BCUT2D eigenvalue weighted by molar-refractivity contribution is 7.92. The highest BCUT2D eigenvalue weighted by Crippen LogP contribution is 2.29. The maximum Gasteiger partial charge on any atom is 0.263 e. The number of hydrogen-bond donors (Lipinski definition) is 1. The average Bonchev–Trinajstić information content (AvgIpc) is 3.07. The van der Waals surface area contributed by atoms with Crippen LogP contribution in [0.2, 0.25) is 5.02 Å². The number of halogens is 1. The van der Waals surface area contributed by atoms with Gasteiger partial charge in [-0.25, -0.2) is 13.4 Å².